The van der Waals surface area contributed by atoms with E-state index in [-0.39, 0.29) is 0 Å². The van der Waals surface area contributed by atoms with Gasteiger partial charge in [0.05, 0.1) is 0 Å². The molecule has 2 heteroatoms. The maximum Gasteiger partial charge on any atom is 0.0361 e. The molecule has 0 N–H and O–H groups in total. The lowest BCUT2D eigenvalue weighted by molar-refractivity contribution is 1.01. The van der Waals surface area contributed by atoms with E-state index in [1.807, 2.05) is 22.7 Å². The van der Waals surface area contributed by atoms with Crippen molar-refractivity contribution in [2.24, 2.45) is 0 Å². The first-order valence-electron chi connectivity index (χ1n) is 24.9. The third kappa shape index (κ3) is 6.62. The Hall–Kier alpha value is -7.62. The predicted molar refractivity (Wildman–Crippen MR) is 309 cm³/mol. The van der Waals surface area contributed by atoms with Crippen LogP contribution in [0.25, 0.3) is 135 Å². The van der Waals surface area contributed by atoms with Crippen LogP contribution < -0.4 is 0 Å². The largest absolute Gasteiger partial charge is 0.140 e. The lowest BCUT2D eigenvalue weighted by Gasteiger charge is -2.17. The highest BCUT2D eigenvalue weighted by molar-refractivity contribution is 7.22. The van der Waals surface area contributed by atoms with E-state index in [0.29, 0.717) is 0 Å². The minimum absolute atomic E-state index is 0.936. The third-order valence-corrected chi connectivity index (χ3v) is 17.6. The molecule has 0 bridgehead atoms. The zero-order valence-electron chi connectivity index (χ0n) is 39.3. The number of hydrogen-bond donors (Lipinski definition) is 0. The molecule has 0 spiro atoms. The van der Waals surface area contributed by atoms with Gasteiger partial charge < -0.3 is 0 Å². The zero-order valence-corrected chi connectivity index (χ0v) is 40.9. The summed E-state index contributed by atoms with van der Waals surface area (Å²) in [4.78, 5) is 4.20. The quantitative estimate of drug-likeness (QED) is 0.0999. The smallest absolute Gasteiger partial charge is 0.0361 e. The molecule has 11 aromatic carbocycles. The van der Waals surface area contributed by atoms with Crippen molar-refractivity contribution in [2.75, 3.05) is 0 Å². The minimum Gasteiger partial charge on any atom is -0.140 e. The van der Waals surface area contributed by atoms with Crippen LogP contribution in [0.3, 0.4) is 0 Å². The summed E-state index contributed by atoms with van der Waals surface area (Å²) >= 11 is 3.86. The summed E-state index contributed by atoms with van der Waals surface area (Å²) in [5, 5.41) is 17.3. The normalized spacial score (nSPS) is 13.4. The Kier molecular flexibility index (Phi) is 9.76. The summed E-state index contributed by atoms with van der Waals surface area (Å²) < 4.78 is 1.33. The van der Waals surface area contributed by atoms with Gasteiger partial charge in [0, 0.05) is 19.3 Å². The van der Waals surface area contributed by atoms with Crippen molar-refractivity contribution in [3.8, 4) is 43.1 Å². The van der Waals surface area contributed by atoms with E-state index in [1.54, 1.807) is 0 Å². The molecular weight excluding hydrogens is 881 g/mol. The van der Waals surface area contributed by atoms with Crippen LogP contribution in [0, 0.1) is 0 Å². The van der Waals surface area contributed by atoms with Gasteiger partial charge in [-0.2, -0.15) is 0 Å². The number of benzene rings is 11. The van der Waals surface area contributed by atoms with Gasteiger partial charge in [-0.05, 0) is 181 Å². The van der Waals surface area contributed by atoms with Crippen LogP contribution in [0.5, 0.6) is 0 Å². The van der Waals surface area contributed by atoms with E-state index in [4.69, 9.17) is 0 Å². The number of hydrogen-bond acceptors (Lipinski definition) is 2. The van der Waals surface area contributed by atoms with Gasteiger partial charge in [-0.25, -0.2) is 0 Å². The minimum atomic E-state index is 0.936. The van der Waals surface area contributed by atoms with Crippen molar-refractivity contribution >= 4 is 115 Å². The number of thiophene rings is 2. The van der Waals surface area contributed by atoms with Gasteiger partial charge in [0.2, 0.25) is 0 Å². The van der Waals surface area contributed by atoms with Crippen LogP contribution in [0.2, 0.25) is 0 Å². The molecule has 13 aromatic rings. The molecule has 1 aliphatic carbocycles. The number of allylic oxidation sites excluding steroid dienone is 5. The van der Waals surface area contributed by atoms with Crippen LogP contribution in [-0.4, -0.2) is 0 Å². The van der Waals surface area contributed by atoms with Crippen LogP contribution >= 0.6 is 22.7 Å². The molecule has 0 nitrogen and oxygen atoms in total. The Bertz CT molecular complexity index is 4260. The average molecular weight is 929 g/mol. The molecule has 332 valence electrons. The molecule has 0 saturated carbocycles. The van der Waals surface area contributed by atoms with Crippen molar-refractivity contribution in [1.82, 2.24) is 0 Å². The van der Waals surface area contributed by atoms with Crippen molar-refractivity contribution in [3.05, 3.63) is 222 Å². The predicted octanol–water partition coefficient (Wildman–Crippen LogP) is 20.7. The second-order valence-corrected chi connectivity index (χ2v) is 21.3. The van der Waals surface area contributed by atoms with E-state index < -0.39 is 0 Å². The van der Waals surface area contributed by atoms with Crippen LogP contribution in [-0.2, 0) is 6.42 Å². The zero-order chi connectivity index (χ0) is 46.5. The van der Waals surface area contributed by atoms with Gasteiger partial charge in [0.15, 0.2) is 0 Å². The van der Waals surface area contributed by atoms with Gasteiger partial charge in [0.25, 0.3) is 0 Å². The first-order valence-corrected chi connectivity index (χ1v) is 26.5. The Morgan fingerprint density at radius 2 is 1.09 bits per heavy atom. The molecule has 2 heterocycles. The highest BCUT2D eigenvalue weighted by Crippen LogP contribution is 2.47. The molecule has 0 radical (unpaired) electrons. The summed E-state index contributed by atoms with van der Waals surface area (Å²) in [5.74, 6) is 0. The fourth-order valence-corrected chi connectivity index (χ4v) is 14.1. The molecule has 70 heavy (non-hydrogen) atoms. The molecular formula is C68H48S2. The molecule has 0 saturated heterocycles. The van der Waals surface area contributed by atoms with Gasteiger partial charge in [0.1, 0.15) is 0 Å². The summed E-state index contributed by atoms with van der Waals surface area (Å²) in [5.41, 5.74) is 14.2. The van der Waals surface area contributed by atoms with E-state index in [2.05, 4.69) is 220 Å². The molecule has 0 amide bonds. The topological polar surface area (TPSA) is 0 Å². The average Bonchev–Trinajstić information content (AvgIpc) is 4.06. The van der Waals surface area contributed by atoms with Crippen molar-refractivity contribution < 1.29 is 0 Å². The molecule has 0 fully saturated rings. The number of fused-ring (bicyclic) bond motifs is 2. The maximum atomic E-state index is 2.46. The lowest BCUT2D eigenvalue weighted by Crippen LogP contribution is -1.92. The molecule has 0 unspecified atom stereocenters. The Labute approximate surface area is 416 Å². The van der Waals surface area contributed by atoms with E-state index in [9.17, 15) is 0 Å². The Balaban J connectivity index is 0.804. The van der Waals surface area contributed by atoms with Gasteiger partial charge in [-0.1, -0.05) is 196 Å². The van der Waals surface area contributed by atoms with Crippen LogP contribution in [0.4, 0.5) is 0 Å². The second kappa shape index (κ2) is 16.5. The number of rotatable bonds is 9. The lowest BCUT2D eigenvalue weighted by atomic mass is 9.86. The van der Waals surface area contributed by atoms with Crippen molar-refractivity contribution in [3.63, 3.8) is 0 Å². The Morgan fingerprint density at radius 1 is 0.486 bits per heavy atom. The first kappa shape index (κ1) is 41.4. The highest BCUT2D eigenvalue weighted by Gasteiger charge is 2.20. The van der Waals surface area contributed by atoms with E-state index in [0.717, 1.165) is 25.7 Å². The molecule has 0 atom stereocenters. The maximum absolute atomic E-state index is 2.46. The molecule has 14 rings (SSSR count). The van der Waals surface area contributed by atoms with Crippen molar-refractivity contribution in [2.45, 2.75) is 39.5 Å². The monoisotopic (exact) mass is 928 g/mol. The van der Waals surface area contributed by atoms with Gasteiger partial charge in [-0.15, -0.1) is 22.7 Å². The van der Waals surface area contributed by atoms with E-state index in [1.165, 1.54) is 151 Å². The highest BCUT2D eigenvalue weighted by atomic mass is 32.1. The third-order valence-electron chi connectivity index (χ3n) is 15.2. The fraction of sp³-hybridized carbons (Fsp3) is 0.0882. The molecule has 1 aliphatic rings. The van der Waals surface area contributed by atoms with E-state index >= 15 is 0 Å². The fourth-order valence-electron chi connectivity index (χ4n) is 11.8. The second-order valence-electron chi connectivity index (χ2n) is 19.1. The first-order chi connectivity index (χ1) is 34.6. The molecule has 0 aliphatic heterocycles. The molecule has 2 aromatic heterocycles. The van der Waals surface area contributed by atoms with Gasteiger partial charge >= 0.3 is 0 Å². The Morgan fingerprint density at radius 3 is 1.76 bits per heavy atom. The van der Waals surface area contributed by atoms with Crippen LogP contribution in [0.1, 0.15) is 54.7 Å². The number of aryl methyl sites for hydroxylation is 1. The summed E-state index contributed by atoms with van der Waals surface area (Å²) in [6.07, 6.45) is 13.7. The summed E-state index contributed by atoms with van der Waals surface area (Å²) in [6, 6.07) is 69.3. The SMILES string of the molecule is CC/C=C(\C=C(/CC)c1ccc2ccc3c(-c4cc5c(s4)CCC=C5)ccc4ccc1c2c43)c1ccc(-c2cccc(-c3ccc4ccc5c(-c6cc7ccccc7s6)ccc6ccc3c4c65)c2)cc1. The summed E-state index contributed by atoms with van der Waals surface area (Å²) in [7, 11) is 0. The van der Waals surface area contributed by atoms with Crippen LogP contribution in [0.15, 0.2) is 200 Å². The van der Waals surface area contributed by atoms with Gasteiger partial charge in [-0.3, -0.25) is 0 Å². The van der Waals surface area contributed by atoms with Crippen molar-refractivity contribution in [1.29, 1.82) is 0 Å². The standard InChI is InChI=1S/C68H48S2/c1-3-10-48(37-41(4-2)53-29-21-44-27-35-59-55(63-39-51-11-5-7-15-61(51)69-63)31-23-46-25-33-57(53)65(44)67(46)59)42-17-19-43(20-18-42)49-13-9-14-50(38-49)54-30-22-45-28-36-60-56(64-40-52-12-6-8-16-62(52)70-64)32-24-47-26-34-58(54)66(45)68(47)60/h5-6,8-14,16-40H,3-4,7,15H2,1-2H3/b41-37+,48-10+. The summed E-state index contributed by atoms with van der Waals surface area (Å²) in [6.45, 7) is 4.55.